The summed E-state index contributed by atoms with van der Waals surface area (Å²) in [7, 11) is 0. The first-order chi connectivity index (χ1) is 10.7. The van der Waals surface area contributed by atoms with Gasteiger partial charge in [-0.15, -0.1) is 0 Å². The molecular weight excluding hydrogens is 298 g/mol. The molecule has 0 bridgehead atoms. The first-order valence-corrected chi connectivity index (χ1v) is 7.96. The van der Waals surface area contributed by atoms with Crippen LogP contribution in [0.5, 0.6) is 0 Å². The van der Waals surface area contributed by atoms with Crippen LogP contribution in [0.15, 0.2) is 42.7 Å². The van der Waals surface area contributed by atoms with Gasteiger partial charge in [-0.2, -0.15) is 0 Å². The fourth-order valence-corrected chi connectivity index (χ4v) is 3.46. The highest BCUT2D eigenvalue weighted by Crippen LogP contribution is 2.34. The summed E-state index contributed by atoms with van der Waals surface area (Å²) < 4.78 is 0. The monoisotopic (exact) mass is 317 g/mol. The van der Waals surface area contributed by atoms with Gasteiger partial charge in [0, 0.05) is 35.9 Å². The summed E-state index contributed by atoms with van der Waals surface area (Å²) in [6, 6.07) is 9.71. The molecular formula is C17H20ClN3O. The van der Waals surface area contributed by atoms with Crippen LogP contribution in [-0.2, 0) is 6.42 Å². The van der Waals surface area contributed by atoms with E-state index in [4.69, 9.17) is 11.6 Å². The molecule has 1 aliphatic rings. The van der Waals surface area contributed by atoms with Crippen LogP contribution in [0.3, 0.4) is 0 Å². The average Bonchev–Trinajstić information content (AvgIpc) is 2.56. The Morgan fingerprint density at radius 2 is 2.05 bits per heavy atom. The number of anilines is 1. The van der Waals surface area contributed by atoms with Crippen molar-refractivity contribution in [1.82, 2.24) is 9.97 Å². The molecule has 3 rings (SSSR count). The number of halogens is 1. The van der Waals surface area contributed by atoms with Gasteiger partial charge in [0.05, 0.1) is 6.61 Å². The average molecular weight is 318 g/mol. The van der Waals surface area contributed by atoms with E-state index in [2.05, 4.69) is 20.9 Å². The second kappa shape index (κ2) is 6.63. The number of aliphatic hydroxyl groups excluding tert-OH is 1. The van der Waals surface area contributed by atoms with Crippen LogP contribution in [0.1, 0.15) is 18.4 Å². The third kappa shape index (κ3) is 3.39. The summed E-state index contributed by atoms with van der Waals surface area (Å²) >= 11 is 6.08. The highest BCUT2D eigenvalue weighted by molar-refractivity contribution is 6.30. The standard InChI is InChI=1S/C17H20ClN3O/c18-15-5-1-4-14(10-15)11-17(13-22)6-2-9-21(12-17)16-19-7-3-8-20-16/h1,3-5,7-8,10,22H,2,6,9,11-13H2/t17-/m1/s1. The number of piperidine rings is 1. The molecule has 1 atom stereocenters. The summed E-state index contributed by atoms with van der Waals surface area (Å²) in [6.07, 6.45) is 6.36. The first-order valence-electron chi connectivity index (χ1n) is 7.58. The van der Waals surface area contributed by atoms with E-state index in [1.165, 1.54) is 0 Å². The van der Waals surface area contributed by atoms with E-state index in [1.54, 1.807) is 12.4 Å². The van der Waals surface area contributed by atoms with E-state index in [0.29, 0.717) is 0 Å². The predicted octanol–water partition coefficient (Wildman–Crippen LogP) is 2.95. The maximum atomic E-state index is 10.0. The van der Waals surface area contributed by atoms with Crippen LogP contribution in [0, 0.1) is 5.41 Å². The second-order valence-corrected chi connectivity index (χ2v) is 6.48. The third-order valence-electron chi connectivity index (χ3n) is 4.30. The van der Waals surface area contributed by atoms with Crippen molar-refractivity contribution in [3.8, 4) is 0 Å². The molecule has 1 aromatic heterocycles. The van der Waals surface area contributed by atoms with E-state index >= 15 is 0 Å². The number of benzene rings is 1. The minimum absolute atomic E-state index is 0.156. The van der Waals surface area contributed by atoms with Gasteiger partial charge >= 0.3 is 0 Å². The Labute approximate surface area is 135 Å². The maximum Gasteiger partial charge on any atom is 0.225 e. The van der Waals surface area contributed by atoms with Gasteiger partial charge in [0.2, 0.25) is 5.95 Å². The van der Waals surface area contributed by atoms with Crippen molar-refractivity contribution in [2.75, 3.05) is 24.6 Å². The summed E-state index contributed by atoms with van der Waals surface area (Å²) in [4.78, 5) is 10.8. The summed E-state index contributed by atoms with van der Waals surface area (Å²) in [6.45, 7) is 1.85. The number of hydrogen-bond donors (Lipinski definition) is 1. The number of rotatable bonds is 4. The van der Waals surface area contributed by atoms with Crippen molar-refractivity contribution in [1.29, 1.82) is 0 Å². The molecule has 0 spiro atoms. The summed E-state index contributed by atoms with van der Waals surface area (Å²) in [5.41, 5.74) is 1.000. The lowest BCUT2D eigenvalue weighted by Crippen LogP contribution is -2.47. The largest absolute Gasteiger partial charge is 0.396 e. The Kier molecular flexibility index (Phi) is 4.60. The Hall–Kier alpha value is -1.65. The van der Waals surface area contributed by atoms with Crippen molar-refractivity contribution in [2.24, 2.45) is 5.41 Å². The van der Waals surface area contributed by atoms with Crippen LogP contribution >= 0.6 is 11.6 Å². The van der Waals surface area contributed by atoms with Crippen molar-refractivity contribution < 1.29 is 5.11 Å². The molecule has 0 saturated carbocycles. The molecule has 1 aromatic carbocycles. The molecule has 1 fully saturated rings. The van der Waals surface area contributed by atoms with Crippen LogP contribution in [0.25, 0.3) is 0 Å². The van der Waals surface area contributed by atoms with E-state index in [1.807, 2.05) is 24.3 Å². The summed E-state index contributed by atoms with van der Waals surface area (Å²) in [5, 5.41) is 10.8. The predicted molar refractivity (Wildman–Crippen MR) is 88.2 cm³/mol. The Morgan fingerprint density at radius 3 is 2.77 bits per heavy atom. The molecule has 4 nitrogen and oxygen atoms in total. The molecule has 0 radical (unpaired) electrons. The van der Waals surface area contributed by atoms with Gasteiger partial charge < -0.3 is 10.0 Å². The molecule has 1 N–H and O–H groups in total. The van der Waals surface area contributed by atoms with Gasteiger partial charge in [0.1, 0.15) is 0 Å². The van der Waals surface area contributed by atoms with Crippen LogP contribution in [0.2, 0.25) is 5.02 Å². The van der Waals surface area contributed by atoms with Crippen LogP contribution < -0.4 is 4.90 Å². The molecule has 2 aromatic rings. The molecule has 0 amide bonds. The zero-order valence-electron chi connectivity index (χ0n) is 12.5. The van der Waals surface area contributed by atoms with Crippen molar-refractivity contribution in [3.05, 3.63) is 53.3 Å². The van der Waals surface area contributed by atoms with Gasteiger partial charge in [-0.3, -0.25) is 0 Å². The Morgan fingerprint density at radius 1 is 1.23 bits per heavy atom. The smallest absolute Gasteiger partial charge is 0.225 e. The van der Waals surface area contributed by atoms with Crippen molar-refractivity contribution in [2.45, 2.75) is 19.3 Å². The highest BCUT2D eigenvalue weighted by Gasteiger charge is 2.36. The van der Waals surface area contributed by atoms with Crippen LogP contribution in [0.4, 0.5) is 5.95 Å². The Balaban J connectivity index is 1.80. The molecule has 2 heterocycles. The second-order valence-electron chi connectivity index (χ2n) is 6.04. The van der Waals surface area contributed by atoms with E-state index in [0.717, 1.165) is 48.9 Å². The normalized spacial score (nSPS) is 21.8. The molecule has 0 unspecified atom stereocenters. The van der Waals surface area contributed by atoms with Crippen molar-refractivity contribution in [3.63, 3.8) is 0 Å². The minimum Gasteiger partial charge on any atom is -0.396 e. The van der Waals surface area contributed by atoms with Gasteiger partial charge in [-0.25, -0.2) is 9.97 Å². The molecule has 5 heteroatoms. The van der Waals surface area contributed by atoms with Crippen molar-refractivity contribution >= 4 is 17.5 Å². The lowest BCUT2D eigenvalue weighted by Gasteiger charge is -2.42. The zero-order valence-corrected chi connectivity index (χ0v) is 13.2. The maximum absolute atomic E-state index is 10.0. The number of aliphatic hydroxyl groups is 1. The van der Waals surface area contributed by atoms with E-state index < -0.39 is 0 Å². The quantitative estimate of drug-likeness (QED) is 0.942. The highest BCUT2D eigenvalue weighted by atomic mass is 35.5. The van der Waals surface area contributed by atoms with E-state index in [9.17, 15) is 5.11 Å². The van der Waals surface area contributed by atoms with Gasteiger partial charge in [-0.05, 0) is 43.0 Å². The Bertz CT molecular complexity index is 622. The first kappa shape index (κ1) is 15.3. The molecule has 1 aliphatic heterocycles. The molecule has 1 saturated heterocycles. The van der Waals surface area contributed by atoms with Gasteiger partial charge in [0.25, 0.3) is 0 Å². The van der Waals surface area contributed by atoms with Gasteiger partial charge in [-0.1, -0.05) is 23.7 Å². The van der Waals surface area contributed by atoms with E-state index in [-0.39, 0.29) is 12.0 Å². The minimum atomic E-state index is -0.165. The number of hydrogen-bond acceptors (Lipinski definition) is 4. The SMILES string of the molecule is OC[C@@]1(Cc2cccc(Cl)c2)CCCN(c2ncccn2)C1. The van der Waals surface area contributed by atoms with Crippen LogP contribution in [-0.4, -0.2) is 34.8 Å². The molecule has 22 heavy (non-hydrogen) atoms. The number of nitrogens with zero attached hydrogens (tertiary/aromatic N) is 3. The topological polar surface area (TPSA) is 49.2 Å². The zero-order chi connectivity index (χ0) is 15.4. The summed E-state index contributed by atoms with van der Waals surface area (Å²) in [5.74, 6) is 0.742. The fourth-order valence-electron chi connectivity index (χ4n) is 3.24. The fraction of sp³-hybridized carbons (Fsp3) is 0.412. The lowest BCUT2D eigenvalue weighted by atomic mass is 9.76. The molecule has 0 aliphatic carbocycles. The third-order valence-corrected chi connectivity index (χ3v) is 4.54. The number of aromatic nitrogens is 2. The lowest BCUT2D eigenvalue weighted by molar-refractivity contribution is 0.105. The van der Waals surface area contributed by atoms with Gasteiger partial charge in [0.15, 0.2) is 0 Å². The molecule has 116 valence electrons.